The van der Waals surface area contributed by atoms with Gasteiger partial charge in [0, 0.05) is 45.8 Å². The lowest BCUT2D eigenvalue weighted by Gasteiger charge is -2.11. The number of benzene rings is 2. The van der Waals surface area contributed by atoms with E-state index in [-0.39, 0.29) is 26.9 Å². The van der Waals surface area contributed by atoms with Crippen LogP contribution < -0.4 is 4.74 Å². The van der Waals surface area contributed by atoms with Crippen molar-refractivity contribution >= 4 is 49.7 Å². The number of aromatic nitrogens is 2. The molecule has 7 nitrogen and oxygen atoms in total. The van der Waals surface area contributed by atoms with E-state index in [2.05, 4.69) is 59.0 Å². The fraction of sp³-hybridized carbons (Fsp3) is 0.400. The third-order valence-corrected chi connectivity index (χ3v) is 6.63. The maximum absolute atomic E-state index is 11.9. The molecular weight excluding hydrogens is 548 g/mol. The van der Waals surface area contributed by atoms with E-state index < -0.39 is 5.97 Å². The lowest BCUT2D eigenvalue weighted by atomic mass is 10.1. The number of ether oxygens (including phenoxy) is 2. The zero-order chi connectivity index (χ0) is 26.9. The molecule has 1 N–H and O–H groups in total. The van der Waals surface area contributed by atoms with Crippen LogP contribution in [-0.4, -0.2) is 40.4 Å². The number of carbonyl (C=O) groups excluding carboxylic acids is 1. The van der Waals surface area contributed by atoms with Crippen molar-refractivity contribution in [2.75, 3.05) is 14.2 Å². The summed E-state index contributed by atoms with van der Waals surface area (Å²) in [6.07, 6.45) is 4.06. The summed E-state index contributed by atoms with van der Waals surface area (Å²) in [6, 6.07) is 7.92. The minimum Gasteiger partial charge on any atom is -0.497 e. The van der Waals surface area contributed by atoms with Crippen molar-refractivity contribution in [1.29, 1.82) is 0 Å². The number of hydrogen-bond acceptors (Lipinski definition) is 4. The molecule has 208 valence electrons. The molecule has 0 aliphatic carbocycles. The molecule has 4 aromatic rings. The molecule has 0 saturated carbocycles. The Kier molecular flexibility index (Phi) is 11.2. The summed E-state index contributed by atoms with van der Waals surface area (Å²) in [4.78, 5) is 23.2. The van der Waals surface area contributed by atoms with E-state index in [1.165, 1.54) is 7.11 Å². The Balaban J connectivity index is 0.000000361. The number of halogens is 1. The third kappa shape index (κ3) is 6.23. The average molecular weight is 590 g/mol. The van der Waals surface area contributed by atoms with Crippen molar-refractivity contribution in [3.8, 4) is 5.75 Å². The first kappa shape index (κ1) is 32.8. The van der Waals surface area contributed by atoms with Gasteiger partial charge in [-0.15, -0.1) is 0 Å². The molecule has 0 radical (unpaired) electrons. The number of fused-ring (bicyclic) bond motifs is 2. The molecule has 0 unspecified atom stereocenters. The number of rotatable bonds is 5. The van der Waals surface area contributed by atoms with E-state index in [0.29, 0.717) is 22.9 Å². The smallest absolute Gasteiger partial charge is 0.338 e. The van der Waals surface area contributed by atoms with E-state index in [1.54, 1.807) is 13.2 Å². The second-order valence-corrected chi connectivity index (χ2v) is 10.3. The zero-order valence-electron chi connectivity index (χ0n) is 22.0. The fourth-order valence-corrected chi connectivity index (χ4v) is 4.97. The molecule has 0 spiro atoms. The highest BCUT2D eigenvalue weighted by Gasteiger charge is 2.19. The highest BCUT2D eigenvalue weighted by molar-refractivity contribution is 9.10. The molecule has 0 saturated heterocycles. The van der Waals surface area contributed by atoms with Crippen LogP contribution in [0.15, 0.2) is 41.1 Å². The molecule has 0 amide bonds. The second kappa shape index (κ2) is 13.0. The number of carboxylic acid groups (broad SMARTS) is 1. The first-order valence-electron chi connectivity index (χ1n) is 11.7. The lowest BCUT2D eigenvalue weighted by molar-refractivity contribution is 0.0602. The number of aryl methyl sites for hydroxylation is 2. The normalized spacial score (nSPS) is 10.6. The number of carboxylic acids is 1. The van der Waals surface area contributed by atoms with Gasteiger partial charge in [-0.3, -0.25) is 0 Å². The number of carbonyl (C=O) groups is 2. The standard InChI is InChI=1S/C14H16BrNO2.C14H17NO3.2CH4/c1-8(2)16-7-9(3)13-11(14(17)18-4)5-10(15)6-12(13)16;1-8(2)15-7-9(3)13-11(14(16)17)5-10(18-4)6-12(13)15;;/h5-8H,1-4H3;5-8H,1-4H3,(H,16,17);2*1H4. The molecule has 0 aliphatic heterocycles. The zero-order valence-corrected chi connectivity index (χ0v) is 23.6. The number of hydrogen-bond donors (Lipinski definition) is 1. The van der Waals surface area contributed by atoms with Gasteiger partial charge >= 0.3 is 11.9 Å². The van der Waals surface area contributed by atoms with Crippen molar-refractivity contribution in [3.05, 3.63) is 63.4 Å². The highest BCUT2D eigenvalue weighted by atomic mass is 79.9. The first-order valence-corrected chi connectivity index (χ1v) is 12.5. The van der Waals surface area contributed by atoms with Crippen molar-refractivity contribution < 1.29 is 24.2 Å². The van der Waals surface area contributed by atoms with E-state index >= 15 is 0 Å². The minimum atomic E-state index is -0.927. The highest BCUT2D eigenvalue weighted by Crippen LogP contribution is 2.32. The van der Waals surface area contributed by atoms with Crippen LogP contribution in [-0.2, 0) is 4.74 Å². The molecule has 0 aliphatic rings. The molecule has 8 heteroatoms. The Hall–Kier alpha value is -3.26. The van der Waals surface area contributed by atoms with Crippen LogP contribution in [0.3, 0.4) is 0 Å². The molecule has 0 bridgehead atoms. The van der Waals surface area contributed by atoms with E-state index in [0.717, 1.165) is 37.4 Å². The van der Waals surface area contributed by atoms with Crippen LogP contribution in [0.1, 0.15) is 86.5 Å². The molecule has 2 aromatic carbocycles. The minimum absolute atomic E-state index is 0. The molecule has 2 heterocycles. The Morgan fingerprint density at radius 3 is 1.71 bits per heavy atom. The summed E-state index contributed by atoms with van der Waals surface area (Å²) >= 11 is 3.45. The van der Waals surface area contributed by atoms with Crippen LogP contribution in [0.5, 0.6) is 5.75 Å². The van der Waals surface area contributed by atoms with Gasteiger partial charge in [0.15, 0.2) is 0 Å². The molecular formula is C30H41BrN2O5. The SMILES string of the molecule is C.C.COC(=O)c1cc(Br)cc2c1c(C)cn2C(C)C.COc1cc(C(=O)O)c2c(C)cn(C(C)C)c2c1. The van der Waals surface area contributed by atoms with E-state index in [1.807, 2.05) is 38.2 Å². The van der Waals surface area contributed by atoms with Gasteiger partial charge in [0.05, 0.1) is 36.4 Å². The fourth-order valence-electron chi connectivity index (χ4n) is 4.53. The summed E-state index contributed by atoms with van der Waals surface area (Å²) in [7, 11) is 2.95. The molecule has 2 aromatic heterocycles. The number of esters is 1. The summed E-state index contributed by atoms with van der Waals surface area (Å²) in [6.45, 7) is 12.3. The molecule has 0 fully saturated rings. The number of nitrogens with zero attached hydrogens (tertiary/aromatic N) is 2. The van der Waals surface area contributed by atoms with E-state index in [9.17, 15) is 14.7 Å². The first-order chi connectivity index (χ1) is 16.9. The van der Waals surface area contributed by atoms with Crippen molar-refractivity contribution in [3.63, 3.8) is 0 Å². The maximum Gasteiger partial charge on any atom is 0.338 e. The van der Waals surface area contributed by atoms with Gasteiger partial charge in [-0.2, -0.15) is 0 Å². The molecule has 38 heavy (non-hydrogen) atoms. The van der Waals surface area contributed by atoms with Crippen molar-refractivity contribution in [2.45, 2.75) is 68.5 Å². The van der Waals surface area contributed by atoms with Gasteiger partial charge in [0.2, 0.25) is 0 Å². The van der Waals surface area contributed by atoms with Gasteiger partial charge in [0.1, 0.15) is 5.75 Å². The second-order valence-electron chi connectivity index (χ2n) is 9.34. The van der Waals surface area contributed by atoms with Crippen LogP contribution in [0.2, 0.25) is 0 Å². The summed E-state index contributed by atoms with van der Waals surface area (Å²) in [5, 5.41) is 11.1. The topological polar surface area (TPSA) is 82.7 Å². The predicted molar refractivity (Wildman–Crippen MR) is 160 cm³/mol. The van der Waals surface area contributed by atoms with Crippen molar-refractivity contribution in [1.82, 2.24) is 9.13 Å². The predicted octanol–water partition coefficient (Wildman–Crippen LogP) is 8.59. The summed E-state index contributed by atoms with van der Waals surface area (Å²) < 4.78 is 15.2. The number of aromatic carboxylic acids is 1. The number of methoxy groups -OCH3 is 2. The lowest BCUT2D eigenvalue weighted by Crippen LogP contribution is -2.03. The van der Waals surface area contributed by atoms with Gasteiger partial charge in [0.25, 0.3) is 0 Å². The third-order valence-electron chi connectivity index (χ3n) is 6.17. The Labute approximate surface area is 234 Å². The van der Waals surface area contributed by atoms with Gasteiger partial charge in [-0.25, -0.2) is 9.59 Å². The van der Waals surface area contributed by atoms with Gasteiger partial charge < -0.3 is 23.7 Å². The van der Waals surface area contributed by atoms with Gasteiger partial charge in [-0.1, -0.05) is 30.8 Å². The Morgan fingerprint density at radius 1 is 0.816 bits per heavy atom. The van der Waals surface area contributed by atoms with Crippen LogP contribution in [0.25, 0.3) is 21.8 Å². The maximum atomic E-state index is 11.9. The Bertz CT molecular complexity index is 1450. The summed E-state index contributed by atoms with van der Waals surface area (Å²) in [5.41, 5.74) is 4.92. The molecule has 4 rings (SSSR count). The van der Waals surface area contributed by atoms with E-state index in [4.69, 9.17) is 9.47 Å². The largest absolute Gasteiger partial charge is 0.497 e. The van der Waals surface area contributed by atoms with Crippen LogP contribution >= 0.6 is 15.9 Å². The van der Waals surface area contributed by atoms with Crippen molar-refractivity contribution in [2.24, 2.45) is 0 Å². The average Bonchev–Trinajstić information content (AvgIpc) is 3.34. The van der Waals surface area contributed by atoms with Crippen LogP contribution in [0.4, 0.5) is 0 Å². The monoisotopic (exact) mass is 588 g/mol. The Morgan fingerprint density at radius 2 is 1.29 bits per heavy atom. The van der Waals surface area contributed by atoms with Gasteiger partial charge in [-0.05, 0) is 70.9 Å². The molecule has 0 atom stereocenters. The quantitative estimate of drug-likeness (QED) is 0.236. The summed E-state index contributed by atoms with van der Waals surface area (Å²) in [5.74, 6) is -0.658. The van der Waals surface area contributed by atoms with Crippen LogP contribution in [0, 0.1) is 13.8 Å².